The second-order valence-corrected chi connectivity index (χ2v) is 8.43. The minimum absolute atomic E-state index is 0.0939. The van der Waals surface area contributed by atoms with E-state index in [1.807, 2.05) is 37.8 Å². The van der Waals surface area contributed by atoms with Crippen LogP contribution in [-0.4, -0.2) is 24.7 Å². The molecule has 32 heavy (non-hydrogen) atoms. The molecule has 1 aromatic heterocycles. The summed E-state index contributed by atoms with van der Waals surface area (Å²) in [7, 11) is 1.56. The molecule has 1 aliphatic heterocycles. The monoisotopic (exact) mass is 453 g/mol. The highest BCUT2D eigenvalue weighted by molar-refractivity contribution is 6.31. The van der Waals surface area contributed by atoms with Crippen LogP contribution in [0.3, 0.4) is 0 Å². The van der Waals surface area contributed by atoms with Gasteiger partial charge in [0.1, 0.15) is 12.5 Å². The molecule has 3 aromatic rings. The lowest BCUT2D eigenvalue weighted by molar-refractivity contribution is 0.0983. The number of anilines is 3. The third kappa shape index (κ3) is 3.91. The standard InChI is InChI=1S/C25H25ClFN3O2/c1-5-20-23(10-11-24(28-20)32-4)30-14-29(21-9-7-17(27)13-18(21)15(2)3)22-8-6-16(26)12-19(22)25(30)31/h6-13,15H,5,14H2,1-4H3. The van der Waals surface area contributed by atoms with Gasteiger partial charge in [0.05, 0.1) is 29.7 Å². The maximum absolute atomic E-state index is 14.1. The third-order valence-corrected chi connectivity index (χ3v) is 5.90. The summed E-state index contributed by atoms with van der Waals surface area (Å²) in [6, 6.07) is 13.7. The highest BCUT2D eigenvalue weighted by Gasteiger charge is 2.33. The molecule has 0 aliphatic carbocycles. The van der Waals surface area contributed by atoms with Gasteiger partial charge in [-0.05, 0) is 60.4 Å². The van der Waals surface area contributed by atoms with Crippen molar-refractivity contribution in [3.05, 3.63) is 76.2 Å². The first kappa shape index (κ1) is 22.1. The van der Waals surface area contributed by atoms with Crippen LogP contribution in [0.2, 0.25) is 5.02 Å². The highest BCUT2D eigenvalue weighted by Crippen LogP contribution is 2.40. The van der Waals surface area contributed by atoms with Crippen LogP contribution in [-0.2, 0) is 6.42 Å². The van der Waals surface area contributed by atoms with Crippen LogP contribution < -0.4 is 14.5 Å². The van der Waals surface area contributed by atoms with Crippen molar-refractivity contribution in [1.82, 2.24) is 4.98 Å². The van der Waals surface area contributed by atoms with E-state index in [1.165, 1.54) is 6.07 Å². The molecule has 4 rings (SSSR count). The van der Waals surface area contributed by atoms with Crippen LogP contribution in [0.1, 0.15) is 48.3 Å². The minimum atomic E-state index is -0.286. The van der Waals surface area contributed by atoms with Crippen molar-refractivity contribution in [2.75, 3.05) is 23.6 Å². The fourth-order valence-electron chi connectivity index (χ4n) is 4.06. The molecular formula is C25H25ClFN3O2. The molecule has 1 amide bonds. The van der Waals surface area contributed by atoms with Gasteiger partial charge in [0.15, 0.2) is 0 Å². The molecule has 0 spiro atoms. The Labute approximate surface area is 192 Å². The van der Waals surface area contributed by atoms with Gasteiger partial charge in [-0.1, -0.05) is 32.4 Å². The number of carbonyl (C=O) groups is 1. The molecule has 1 aliphatic rings. The van der Waals surface area contributed by atoms with Crippen LogP contribution in [0.5, 0.6) is 5.88 Å². The number of hydrogen-bond acceptors (Lipinski definition) is 4. The van der Waals surface area contributed by atoms with Crippen LogP contribution in [0, 0.1) is 5.82 Å². The molecule has 0 unspecified atom stereocenters. The van der Waals surface area contributed by atoms with E-state index >= 15 is 0 Å². The quantitative estimate of drug-likeness (QED) is 0.453. The van der Waals surface area contributed by atoms with Crippen LogP contribution in [0.25, 0.3) is 0 Å². The van der Waals surface area contributed by atoms with E-state index in [0.717, 1.165) is 22.6 Å². The van der Waals surface area contributed by atoms with Gasteiger partial charge in [0, 0.05) is 16.8 Å². The first-order chi connectivity index (χ1) is 15.3. The van der Waals surface area contributed by atoms with Gasteiger partial charge in [-0.25, -0.2) is 9.37 Å². The van der Waals surface area contributed by atoms with E-state index < -0.39 is 0 Å². The maximum atomic E-state index is 14.1. The summed E-state index contributed by atoms with van der Waals surface area (Å²) in [6.45, 7) is 6.30. The normalized spacial score (nSPS) is 13.5. The summed E-state index contributed by atoms with van der Waals surface area (Å²) < 4.78 is 19.3. The van der Waals surface area contributed by atoms with Crippen molar-refractivity contribution >= 4 is 34.6 Å². The summed E-state index contributed by atoms with van der Waals surface area (Å²) in [5.74, 6) is 0.146. The molecule has 0 saturated heterocycles. The molecule has 2 heterocycles. The Balaban J connectivity index is 1.90. The molecule has 7 heteroatoms. The summed E-state index contributed by atoms with van der Waals surface area (Å²) in [5, 5.41) is 0.477. The summed E-state index contributed by atoms with van der Waals surface area (Å²) in [5.41, 5.74) is 4.41. The van der Waals surface area contributed by atoms with Crippen LogP contribution in [0.15, 0.2) is 48.5 Å². The molecule has 0 saturated carbocycles. The van der Waals surface area contributed by atoms with Crippen LogP contribution in [0.4, 0.5) is 21.5 Å². The van der Waals surface area contributed by atoms with Crippen molar-refractivity contribution in [3.63, 3.8) is 0 Å². The van der Waals surface area contributed by atoms with E-state index in [1.54, 1.807) is 42.3 Å². The fraction of sp³-hybridized carbons (Fsp3) is 0.280. The van der Waals surface area contributed by atoms with Crippen molar-refractivity contribution in [1.29, 1.82) is 0 Å². The number of halogens is 2. The average molecular weight is 454 g/mol. The number of aromatic nitrogens is 1. The van der Waals surface area contributed by atoms with Gasteiger partial charge in [-0.2, -0.15) is 0 Å². The van der Waals surface area contributed by atoms with Gasteiger partial charge >= 0.3 is 0 Å². The van der Waals surface area contributed by atoms with Crippen molar-refractivity contribution in [3.8, 4) is 5.88 Å². The maximum Gasteiger partial charge on any atom is 0.261 e. The number of carbonyl (C=O) groups excluding carboxylic acids is 1. The Hall–Kier alpha value is -3.12. The van der Waals surface area contributed by atoms with E-state index in [2.05, 4.69) is 4.98 Å². The topological polar surface area (TPSA) is 45.7 Å². The van der Waals surface area contributed by atoms with Crippen molar-refractivity contribution < 1.29 is 13.9 Å². The van der Waals surface area contributed by atoms with E-state index in [-0.39, 0.29) is 24.3 Å². The smallest absolute Gasteiger partial charge is 0.261 e. The molecule has 0 bridgehead atoms. The summed E-state index contributed by atoms with van der Waals surface area (Å²) >= 11 is 6.26. The van der Waals surface area contributed by atoms with E-state index in [0.29, 0.717) is 28.6 Å². The number of benzene rings is 2. The third-order valence-electron chi connectivity index (χ3n) is 5.67. The number of rotatable bonds is 5. The molecule has 5 nitrogen and oxygen atoms in total. The number of nitrogens with zero attached hydrogens (tertiary/aromatic N) is 3. The lowest BCUT2D eigenvalue weighted by atomic mass is 9.98. The van der Waals surface area contributed by atoms with Gasteiger partial charge in [0.25, 0.3) is 5.91 Å². The highest BCUT2D eigenvalue weighted by atomic mass is 35.5. The number of methoxy groups -OCH3 is 1. The number of amides is 1. The lowest BCUT2D eigenvalue weighted by Crippen LogP contribution is -2.45. The second kappa shape index (κ2) is 8.79. The Morgan fingerprint density at radius 1 is 1.06 bits per heavy atom. The molecule has 2 aromatic carbocycles. The fourth-order valence-corrected chi connectivity index (χ4v) is 4.23. The first-order valence-corrected chi connectivity index (χ1v) is 10.9. The number of aryl methyl sites for hydroxylation is 1. The zero-order valence-corrected chi connectivity index (χ0v) is 19.3. The first-order valence-electron chi connectivity index (χ1n) is 10.6. The molecular weight excluding hydrogens is 429 g/mol. The second-order valence-electron chi connectivity index (χ2n) is 7.99. The van der Waals surface area contributed by atoms with Gasteiger partial charge in [-0.15, -0.1) is 0 Å². The average Bonchev–Trinajstić information content (AvgIpc) is 2.79. The Kier molecular flexibility index (Phi) is 6.07. The largest absolute Gasteiger partial charge is 0.481 e. The molecule has 0 radical (unpaired) electrons. The Bertz CT molecular complexity index is 1180. The number of hydrogen-bond donors (Lipinski definition) is 0. The van der Waals surface area contributed by atoms with E-state index in [4.69, 9.17) is 16.3 Å². The molecule has 166 valence electrons. The van der Waals surface area contributed by atoms with Gasteiger partial charge in [-0.3, -0.25) is 9.69 Å². The van der Waals surface area contributed by atoms with Crippen molar-refractivity contribution in [2.24, 2.45) is 0 Å². The minimum Gasteiger partial charge on any atom is -0.481 e. The number of ether oxygens (including phenoxy) is 1. The zero-order chi connectivity index (χ0) is 23.0. The van der Waals surface area contributed by atoms with Crippen molar-refractivity contribution in [2.45, 2.75) is 33.1 Å². The molecule has 0 fully saturated rings. The van der Waals surface area contributed by atoms with Gasteiger partial charge < -0.3 is 9.64 Å². The summed E-state index contributed by atoms with van der Waals surface area (Å²) in [6.07, 6.45) is 0.631. The SMILES string of the molecule is CCc1nc(OC)ccc1N1CN(c2ccc(F)cc2C(C)C)c2ccc(Cl)cc2C1=O. The van der Waals surface area contributed by atoms with Gasteiger partial charge in [0.2, 0.25) is 5.88 Å². The Morgan fingerprint density at radius 2 is 1.78 bits per heavy atom. The predicted molar refractivity (Wildman–Crippen MR) is 126 cm³/mol. The number of pyridine rings is 1. The number of fused-ring (bicyclic) bond motifs is 1. The molecule has 0 atom stereocenters. The molecule has 0 N–H and O–H groups in total. The van der Waals surface area contributed by atoms with Crippen LogP contribution >= 0.6 is 11.6 Å². The van der Waals surface area contributed by atoms with E-state index in [9.17, 15) is 9.18 Å². The lowest BCUT2D eigenvalue weighted by Gasteiger charge is -2.39. The predicted octanol–water partition coefficient (Wildman–Crippen LogP) is 6.32. The summed E-state index contributed by atoms with van der Waals surface area (Å²) in [4.78, 5) is 21.8. The Morgan fingerprint density at radius 3 is 2.47 bits per heavy atom. The zero-order valence-electron chi connectivity index (χ0n) is 18.5.